The van der Waals surface area contributed by atoms with Crippen LogP contribution in [-0.2, 0) is 18.4 Å². The van der Waals surface area contributed by atoms with Crippen molar-refractivity contribution in [2.45, 2.75) is 13.5 Å². The van der Waals surface area contributed by atoms with Gasteiger partial charge in [0.25, 0.3) is 5.69 Å². The van der Waals surface area contributed by atoms with Gasteiger partial charge in [-0.25, -0.2) is 14.5 Å². The van der Waals surface area contributed by atoms with Crippen molar-refractivity contribution in [2.75, 3.05) is 5.32 Å². The third-order valence-corrected chi connectivity index (χ3v) is 3.76. The highest BCUT2D eigenvalue weighted by atomic mass is 16.6. The van der Waals surface area contributed by atoms with Crippen LogP contribution < -0.4 is 5.32 Å². The molecule has 0 spiro atoms. The van der Waals surface area contributed by atoms with Gasteiger partial charge in [0, 0.05) is 13.1 Å². The Labute approximate surface area is 153 Å². The molecule has 3 aromatic rings. The van der Waals surface area contributed by atoms with Crippen LogP contribution in [0.5, 0.6) is 0 Å². The number of rotatable bonds is 5. The van der Waals surface area contributed by atoms with Crippen molar-refractivity contribution in [1.82, 2.24) is 20.0 Å². The van der Waals surface area contributed by atoms with Gasteiger partial charge in [0.05, 0.1) is 10.6 Å². The number of hydrogen-bond donors (Lipinski definition) is 1. The molecule has 2 aromatic heterocycles. The molecule has 2 heterocycles. The average Bonchev–Trinajstić information content (AvgIpc) is 3.01. The number of carbonyl (C=O) groups is 1. The van der Waals surface area contributed by atoms with E-state index in [4.69, 9.17) is 4.74 Å². The molecule has 1 aromatic carbocycles. The summed E-state index contributed by atoms with van der Waals surface area (Å²) in [5.41, 5.74) is 1.63. The number of anilines is 1. The van der Waals surface area contributed by atoms with Crippen LogP contribution in [-0.4, -0.2) is 31.0 Å². The van der Waals surface area contributed by atoms with E-state index in [0.29, 0.717) is 5.69 Å². The molecule has 0 bridgehead atoms. The minimum atomic E-state index is -0.677. The number of aromatic nitrogens is 4. The van der Waals surface area contributed by atoms with E-state index in [-0.39, 0.29) is 29.5 Å². The lowest BCUT2D eigenvalue weighted by Crippen LogP contribution is -2.16. The Bertz CT molecular complexity index is 986. The molecular weight excluding hydrogens is 352 g/mol. The molecule has 27 heavy (non-hydrogen) atoms. The topological polar surface area (TPSA) is 125 Å². The first-order chi connectivity index (χ1) is 13.0. The molecule has 10 nitrogen and oxygen atoms in total. The lowest BCUT2D eigenvalue weighted by atomic mass is 10.2. The van der Waals surface area contributed by atoms with Crippen molar-refractivity contribution < 1.29 is 14.5 Å². The summed E-state index contributed by atoms with van der Waals surface area (Å²) in [5, 5.41) is 21.4. The Morgan fingerprint density at radius 3 is 2.67 bits per heavy atom. The molecule has 0 fully saturated rings. The van der Waals surface area contributed by atoms with Crippen LogP contribution in [0.3, 0.4) is 0 Å². The van der Waals surface area contributed by atoms with E-state index in [1.54, 1.807) is 7.05 Å². The van der Waals surface area contributed by atoms with Crippen LogP contribution >= 0.6 is 0 Å². The number of ether oxygens (including phenoxy) is 1. The van der Waals surface area contributed by atoms with Gasteiger partial charge >= 0.3 is 6.09 Å². The second-order valence-corrected chi connectivity index (χ2v) is 5.66. The fraction of sp³-hybridized carbons (Fsp3) is 0.176. The summed E-state index contributed by atoms with van der Waals surface area (Å²) in [6, 6.07) is 12.0. The predicted molar refractivity (Wildman–Crippen MR) is 95.9 cm³/mol. The van der Waals surface area contributed by atoms with Gasteiger partial charge in [-0.1, -0.05) is 35.5 Å². The van der Waals surface area contributed by atoms with Gasteiger partial charge in [-0.15, -0.1) is 5.10 Å². The highest BCUT2D eigenvalue weighted by Crippen LogP contribution is 2.26. The normalized spacial score (nSPS) is 10.4. The van der Waals surface area contributed by atoms with Crippen molar-refractivity contribution in [1.29, 1.82) is 0 Å². The van der Waals surface area contributed by atoms with E-state index in [0.717, 1.165) is 5.56 Å². The van der Waals surface area contributed by atoms with Crippen molar-refractivity contribution in [3.05, 3.63) is 63.8 Å². The number of amides is 1. The van der Waals surface area contributed by atoms with Gasteiger partial charge in [0.15, 0.2) is 11.5 Å². The highest BCUT2D eigenvalue weighted by Gasteiger charge is 2.20. The molecule has 0 saturated carbocycles. The third kappa shape index (κ3) is 4.06. The SMILES string of the molecule is Cc1nc(-c2nnn(C)c2NC(=O)OCc2ccccc2)ccc1[N+](=O)[O-]. The summed E-state index contributed by atoms with van der Waals surface area (Å²) in [5.74, 6) is 0.272. The zero-order chi connectivity index (χ0) is 19.4. The third-order valence-electron chi connectivity index (χ3n) is 3.76. The highest BCUT2D eigenvalue weighted by molar-refractivity contribution is 5.88. The summed E-state index contributed by atoms with van der Waals surface area (Å²) in [4.78, 5) is 26.7. The maximum absolute atomic E-state index is 12.1. The van der Waals surface area contributed by atoms with E-state index in [2.05, 4.69) is 20.6 Å². The molecule has 0 aliphatic carbocycles. The number of pyridine rings is 1. The fourth-order valence-electron chi connectivity index (χ4n) is 2.40. The Morgan fingerprint density at radius 1 is 1.26 bits per heavy atom. The summed E-state index contributed by atoms with van der Waals surface area (Å²) >= 11 is 0. The molecule has 0 saturated heterocycles. The van der Waals surface area contributed by atoms with Crippen LogP contribution in [0, 0.1) is 17.0 Å². The molecule has 0 atom stereocenters. The second-order valence-electron chi connectivity index (χ2n) is 5.66. The molecular formula is C17H16N6O4. The number of nitrogens with zero attached hydrogens (tertiary/aromatic N) is 5. The van der Waals surface area contributed by atoms with Gasteiger partial charge in [-0.3, -0.25) is 15.4 Å². The summed E-state index contributed by atoms with van der Waals surface area (Å²) in [6.45, 7) is 1.64. The number of carbonyl (C=O) groups excluding carboxylic acids is 1. The Balaban J connectivity index is 1.77. The zero-order valence-electron chi connectivity index (χ0n) is 14.6. The zero-order valence-corrected chi connectivity index (χ0v) is 14.6. The van der Waals surface area contributed by atoms with E-state index in [9.17, 15) is 14.9 Å². The van der Waals surface area contributed by atoms with Crippen molar-refractivity contribution >= 4 is 17.6 Å². The minimum Gasteiger partial charge on any atom is -0.444 e. The van der Waals surface area contributed by atoms with E-state index < -0.39 is 11.0 Å². The summed E-state index contributed by atoms with van der Waals surface area (Å²) in [7, 11) is 1.60. The molecule has 1 amide bonds. The van der Waals surface area contributed by atoms with Crippen molar-refractivity contribution in [3.63, 3.8) is 0 Å². The van der Waals surface area contributed by atoms with Gasteiger partial charge in [-0.05, 0) is 18.6 Å². The van der Waals surface area contributed by atoms with E-state index >= 15 is 0 Å². The number of nitro groups is 1. The van der Waals surface area contributed by atoms with E-state index in [1.165, 1.54) is 23.7 Å². The maximum Gasteiger partial charge on any atom is 0.413 e. The van der Waals surface area contributed by atoms with Crippen LogP contribution in [0.2, 0.25) is 0 Å². The van der Waals surface area contributed by atoms with Crippen molar-refractivity contribution in [2.24, 2.45) is 7.05 Å². The lowest BCUT2D eigenvalue weighted by Gasteiger charge is -2.08. The van der Waals surface area contributed by atoms with Crippen LogP contribution in [0.15, 0.2) is 42.5 Å². The lowest BCUT2D eigenvalue weighted by molar-refractivity contribution is -0.385. The van der Waals surface area contributed by atoms with Crippen LogP contribution in [0.1, 0.15) is 11.3 Å². The van der Waals surface area contributed by atoms with Gasteiger partial charge in [0.1, 0.15) is 12.3 Å². The number of aryl methyl sites for hydroxylation is 2. The number of benzene rings is 1. The van der Waals surface area contributed by atoms with Gasteiger partial charge in [-0.2, -0.15) is 0 Å². The smallest absolute Gasteiger partial charge is 0.413 e. The molecule has 3 rings (SSSR count). The summed E-state index contributed by atoms with van der Waals surface area (Å²) in [6.07, 6.45) is -0.677. The summed E-state index contributed by atoms with van der Waals surface area (Å²) < 4.78 is 6.55. The van der Waals surface area contributed by atoms with Crippen molar-refractivity contribution in [3.8, 4) is 11.4 Å². The van der Waals surface area contributed by atoms with E-state index in [1.807, 2.05) is 30.3 Å². The molecule has 0 radical (unpaired) electrons. The van der Waals surface area contributed by atoms with Gasteiger partial charge in [0.2, 0.25) is 0 Å². The average molecular weight is 368 g/mol. The predicted octanol–water partition coefficient (Wildman–Crippen LogP) is 2.84. The molecule has 10 heteroatoms. The molecule has 0 aliphatic heterocycles. The quantitative estimate of drug-likeness (QED) is 0.542. The molecule has 138 valence electrons. The van der Waals surface area contributed by atoms with Crippen LogP contribution in [0.25, 0.3) is 11.4 Å². The Kier molecular flexibility index (Phi) is 5.06. The number of nitrogens with one attached hydrogen (secondary N) is 1. The Hall–Kier alpha value is -3.82. The standard InChI is InChI=1S/C17H16N6O4/c1-11-14(23(25)26)9-8-13(18-11)15-16(22(2)21-20-15)19-17(24)27-10-12-6-4-3-5-7-12/h3-9H,10H2,1-2H3,(H,19,24). The molecule has 0 unspecified atom stereocenters. The minimum absolute atomic E-state index is 0.0978. The molecule has 1 N–H and O–H groups in total. The first-order valence-corrected chi connectivity index (χ1v) is 7.95. The monoisotopic (exact) mass is 368 g/mol. The first kappa shape index (κ1) is 18.0. The van der Waals surface area contributed by atoms with Crippen LogP contribution in [0.4, 0.5) is 16.3 Å². The second kappa shape index (κ2) is 7.60. The fourth-order valence-corrected chi connectivity index (χ4v) is 2.40. The maximum atomic E-state index is 12.1. The van der Waals surface area contributed by atoms with Gasteiger partial charge < -0.3 is 4.74 Å². The number of hydrogen-bond acceptors (Lipinski definition) is 7. The molecule has 0 aliphatic rings. The largest absolute Gasteiger partial charge is 0.444 e. The first-order valence-electron chi connectivity index (χ1n) is 7.95. The Morgan fingerprint density at radius 2 is 2.00 bits per heavy atom.